The van der Waals surface area contributed by atoms with Gasteiger partial charge in [-0.1, -0.05) is 42.0 Å². The van der Waals surface area contributed by atoms with E-state index in [1.54, 1.807) is 30.3 Å². The minimum Gasteiger partial charge on any atom is -0.389 e. The first-order valence-corrected chi connectivity index (χ1v) is 6.88. The maximum absolute atomic E-state index is 13.8. The molecule has 0 saturated carbocycles. The number of rotatable bonds is 4. The van der Waals surface area contributed by atoms with Crippen LogP contribution in [0.1, 0.15) is 11.1 Å². The fourth-order valence-corrected chi connectivity index (χ4v) is 2.11. The molecule has 2 rings (SSSR count). The Hall–Kier alpha value is -1.98. The number of anilines is 1. The summed E-state index contributed by atoms with van der Waals surface area (Å²) >= 11 is 10.7. The van der Waals surface area contributed by atoms with Crippen LogP contribution in [0.3, 0.4) is 0 Å². The van der Waals surface area contributed by atoms with Crippen LogP contribution >= 0.6 is 23.8 Å². The van der Waals surface area contributed by atoms with Gasteiger partial charge in [-0.05, 0) is 29.8 Å². The van der Waals surface area contributed by atoms with Gasteiger partial charge >= 0.3 is 0 Å². The van der Waals surface area contributed by atoms with Crippen molar-refractivity contribution in [1.29, 1.82) is 0 Å². The molecule has 21 heavy (non-hydrogen) atoms. The van der Waals surface area contributed by atoms with Crippen LogP contribution in [-0.2, 0) is 11.2 Å². The number of thiocarbonyl (C=S) groups is 1. The second-order valence-electron chi connectivity index (χ2n) is 4.38. The van der Waals surface area contributed by atoms with Gasteiger partial charge in [0.15, 0.2) is 0 Å². The third-order valence-electron chi connectivity index (χ3n) is 2.84. The van der Waals surface area contributed by atoms with E-state index in [1.807, 2.05) is 0 Å². The molecule has 0 aliphatic rings. The zero-order chi connectivity index (χ0) is 15.4. The molecule has 2 aromatic rings. The lowest BCUT2D eigenvalue weighted by atomic mass is 10.1. The second-order valence-corrected chi connectivity index (χ2v) is 5.22. The molecule has 0 spiro atoms. The summed E-state index contributed by atoms with van der Waals surface area (Å²) < 4.78 is 13.8. The Morgan fingerprint density at radius 1 is 1.29 bits per heavy atom. The first-order valence-electron chi connectivity index (χ1n) is 6.10. The third kappa shape index (κ3) is 4.00. The Labute approximate surface area is 131 Å². The first kappa shape index (κ1) is 15.4. The SMILES string of the molecule is NC(=S)c1ccc(NC(=O)Cc2ccccc2Cl)c(F)c1. The highest BCUT2D eigenvalue weighted by Crippen LogP contribution is 2.18. The number of carbonyl (C=O) groups is 1. The Kier molecular flexibility index (Phi) is 4.88. The molecule has 0 unspecified atom stereocenters. The fraction of sp³-hybridized carbons (Fsp3) is 0.0667. The number of benzene rings is 2. The van der Waals surface area contributed by atoms with Gasteiger partial charge in [-0.3, -0.25) is 4.79 Å². The lowest BCUT2D eigenvalue weighted by molar-refractivity contribution is -0.115. The minimum atomic E-state index is -0.590. The van der Waals surface area contributed by atoms with Gasteiger partial charge in [0.05, 0.1) is 12.1 Å². The van der Waals surface area contributed by atoms with Crippen LogP contribution < -0.4 is 11.1 Å². The highest BCUT2D eigenvalue weighted by molar-refractivity contribution is 7.80. The summed E-state index contributed by atoms with van der Waals surface area (Å²) in [6.07, 6.45) is 0.0656. The Morgan fingerprint density at radius 3 is 2.62 bits per heavy atom. The van der Waals surface area contributed by atoms with Crippen molar-refractivity contribution in [3.05, 3.63) is 64.4 Å². The Balaban J connectivity index is 2.10. The van der Waals surface area contributed by atoms with Crippen molar-refractivity contribution < 1.29 is 9.18 Å². The molecule has 3 N–H and O–H groups in total. The van der Waals surface area contributed by atoms with Crippen LogP contribution in [0.2, 0.25) is 5.02 Å². The minimum absolute atomic E-state index is 0.0656. The van der Waals surface area contributed by atoms with Crippen molar-refractivity contribution in [1.82, 2.24) is 0 Å². The first-order chi connectivity index (χ1) is 9.97. The normalized spacial score (nSPS) is 10.2. The molecule has 0 aliphatic carbocycles. The van der Waals surface area contributed by atoms with Gasteiger partial charge in [0, 0.05) is 10.6 Å². The van der Waals surface area contributed by atoms with E-state index >= 15 is 0 Å². The van der Waals surface area contributed by atoms with Crippen molar-refractivity contribution in [2.24, 2.45) is 5.73 Å². The summed E-state index contributed by atoms with van der Waals surface area (Å²) in [5, 5.41) is 2.99. The third-order valence-corrected chi connectivity index (χ3v) is 3.44. The molecule has 0 radical (unpaired) electrons. The maximum Gasteiger partial charge on any atom is 0.228 e. The molecule has 0 saturated heterocycles. The van der Waals surface area contributed by atoms with Crippen LogP contribution in [0.15, 0.2) is 42.5 Å². The summed E-state index contributed by atoms with van der Waals surface area (Å²) in [7, 11) is 0. The molecule has 3 nitrogen and oxygen atoms in total. The van der Waals surface area contributed by atoms with Gasteiger partial charge in [-0.25, -0.2) is 4.39 Å². The largest absolute Gasteiger partial charge is 0.389 e. The molecule has 0 aromatic heterocycles. The van der Waals surface area contributed by atoms with Crippen LogP contribution in [0.4, 0.5) is 10.1 Å². The topological polar surface area (TPSA) is 55.1 Å². The Bertz CT molecular complexity index is 706. The molecule has 108 valence electrons. The number of hydrogen-bond donors (Lipinski definition) is 2. The van der Waals surface area contributed by atoms with Crippen LogP contribution in [0.25, 0.3) is 0 Å². The smallest absolute Gasteiger partial charge is 0.228 e. The second kappa shape index (κ2) is 6.65. The van der Waals surface area contributed by atoms with E-state index in [4.69, 9.17) is 29.6 Å². The van der Waals surface area contributed by atoms with E-state index in [1.165, 1.54) is 12.1 Å². The monoisotopic (exact) mass is 322 g/mol. The van der Waals surface area contributed by atoms with Gasteiger partial charge in [0.2, 0.25) is 5.91 Å². The standard InChI is InChI=1S/C15H12ClFN2OS/c16-11-4-2-1-3-9(11)8-14(20)19-13-6-5-10(15(18)21)7-12(13)17/h1-7H,8H2,(H2,18,21)(H,19,20). The van der Waals surface area contributed by atoms with Crippen LogP contribution in [-0.4, -0.2) is 10.9 Å². The summed E-state index contributed by atoms with van der Waals surface area (Å²) in [5.41, 5.74) is 6.58. The van der Waals surface area contributed by atoms with Crippen molar-refractivity contribution in [3.63, 3.8) is 0 Å². The van der Waals surface area contributed by atoms with Crippen molar-refractivity contribution in [2.45, 2.75) is 6.42 Å². The zero-order valence-corrected chi connectivity index (χ0v) is 12.5. The van der Waals surface area contributed by atoms with E-state index in [0.29, 0.717) is 16.1 Å². The van der Waals surface area contributed by atoms with E-state index in [0.717, 1.165) is 0 Å². The molecule has 2 aromatic carbocycles. The fourth-order valence-electron chi connectivity index (χ4n) is 1.78. The van der Waals surface area contributed by atoms with E-state index in [2.05, 4.69) is 5.32 Å². The number of hydrogen-bond acceptors (Lipinski definition) is 2. The molecular weight excluding hydrogens is 311 g/mol. The van der Waals surface area contributed by atoms with Gasteiger partial charge in [0.25, 0.3) is 0 Å². The molecule has 0 bridgehead atoms. The molecule has 1 amide bonds. The molecule has 0 heterocycles. The van der Waals surface area contributed by atoms with Crippen molar-refractivity contribution >= 4 is 40.4 Å². The van der Waals surface area contributed by atoms with Crippen molar-refractivity contribution in [2.75, 3.05) is 5.32 Å². The van der Waals surface area contributed by atoms with Crippen LogP contribution in [0.5, 0.6) is 0 Å². The number of nitrogens with two attached hydrogens (primary N) is 1. The number of halogens is 2. The van der Waals surface area contributed by atoms with Gasteiger partial charge in [0.1, 0.15) is 10.8 Å². The predicted molar refractivity (Wildman–Crippen MR) is 86.1 cm³/mol. The van der Waals surface area contributed by atoms with Gasteiger partial charge in [-0.15, -0.1) is 0 Å². The van der Waals surface area contributed by atoms with Crippen LogP contribution in [0, 0.1) is 5.82 Å². The quantitative estimate of drug-likeness (QED) is 0.849. The zero-order valence-electron chi connectivity index (χ0n) is 10.9. The molecule has 0 atom stereocenters. The molecule has 0 aliphatic heterocycles. The Morgan fingerprint density at radius 2 is 2.00 bits per heavy atom. The molecule has 6 heteroatoms. The highest BCUT2D eigenvalue weighted by Gasteiger charge is 2.10. The lowest BCUT2D eigenvalue weighted by Gasteiger charge is -2.08. The summed E-state index contributed by atoms with van der Waals surface area (Å²) in [5.74, 6) is -0.946. The van der Waals surface area contributed by atoms with E-state index in [-0.39, 0.29) is 23.0 Å². The summed E-state index contributed by atoms with van der Waals surface area (Å²) in [4.78, 5) is 12.0. The van der Waals surface area contributed by atoms with E-state index < -0.39 is 5.82 Å². The maximum atomic E-state index is 13.8. The number of carbonyl (C=O) groups excluding carboxylic acids is 1. The number of nitrogens with one attached hydrogen (secondary N) is 1. The average Bonchev–Trinajstić information content (AvgIpc) is 2.43. The highest BCUT2D eigenvalue weighted by atomic mass is 35.5. The van der Waals surface area contributed by atoms with E-state index in [9.17, 15) is 9.18 Å². The van der Waals surface area contributed by atoms with Crippen molar-refractivity contribution in [3.8, 4) is 0 Å². The summed E-state index contributed by atoms with van der Waals surface area (Å²) in [6, 6.07) is 11.2. The molecule has 0 fully saturated rings. The number of amides is 1. The predicted octanol–water partition coefficient (Wildman–Crippen LogP) is 3.29. The van der Waals surface area contributed by atoms with Gasteiger partial charge < -0.3 is 11.1 Å². The summed E-state index contributed by atoms with van der Waals surface area (Å²) in [6.45, 7) is 0. The molecular formula is C15H12ClFN2OS. The lowest BCUT2D eigenvalue weighted by Crippen LogP contribution is -2.16. The van der Waals surface area contributed by atoms with Gasteiger partial charge in [-0.2, -0.15) is 0 Å². The average molecular weight is 323 g/mol.